The Hall–Kier alpha value is -3.40. The molecule has 0 saturated carbocycles. The van der Waals surface area contributed by atoms with Crippen LogP contribution >= 0.6 is 0 Å². The van der Waals surface area contributed by atoms with E-state index >= 15 is 0 Å². The normalized spacial score (nSPS) is 19.8. The molecule has 0 radical (unpaired) electrons. The van der Waals surface area contributed by atoms with Crippen LogP contribution in [-0.2, 0) is 0 Å². The van der Waals surface area contributed by atoms with Gasteiger partial charge in [0.15, 0.2) is 11.5 Å². The van der Waals surface area contributed by atoms with Gasteiger partial charge in [0.05, 0.1) is 11.7 Å². The highest BCUT2D eigenvalue weighted by Gasteiger charge is 2.31. The Labute approximate surface area is 166 Å². The van der Waals surface area contributed by atoms with Gasteiger partial charge in [-0.2, -0.15) is 4.98 Å². The Morgan fingerprint density at radius 3 is 2.76 bits per heavy atom. The van der Waals surface area contributed by atoms with E-state index in [2.05, 4.69) is 35.7 Å². The third kappa shape index (κ3) is 3.11. The zero-order valence-corrected chi connectivity index (χ0v) is 16.0. The molecular weight excluding hydrogens is 373 g/mol. The molecular formula is C19H20FN9. The van der Waals surface area contributed by atoms with E-state index in [4.69, 9.17) is 0 Å². The van der Waals surface area contributed by atoms with Gasteiger partial charge in [0, 0.05) is 44.3 Å². The van der Waals surface area contributed by atoms with Crippen molar-refractivity contribution in [3.8, 4) is 11.3 Å². The van der Waals surface area contributed by atoms with Gasteiger partial charge in [-0.05, 0) is 25.2 Å². The largest absolute Gasteiger partial charge is 0.371 e. The summed E-state index contributed by atoms with van der Waals surface area (Å²) in [5.74, 6) is 1.01. The molecule has 1 saturated heterocycles. The standard InChI is InChI=1S/C19H20FN9/c1-21-18-16-11(13-3-4-14-17(24-13)23-7-6-22-14)5-8-29(16)27-19(26-18)25-15-10-28(2)9-12(15)20/h3-8,12,15H,9-10H2,1-2H3,(H2,21,25,26,27). The summed E-state index contributed by atoms with van der Waals surface area (Å²) in [5, 5.41) is 10.8. The lowest BCUT2D eigenvalue weighted by Crippen LogP contribution is -2.30. The first-order valence-corrected chi connectivity index (χ1v) is 9.37. The lowest BCUT2D eigenvalue weighted by molar-refractivity contribution is 0.314. The van der Waals surface area contributed by atoms with Crippen LogP contribution in [0.25, 0.3) is 27.9 Å². The van der Waals surface area contributed by atoms with Crippen molar-refractivity contribution >= 4 is 28.4 Å². The molecule has 4 aromatic rings. The molecule has 1 fully saturated rings. The topological polar surface area (TPSA) is 96.2 Å². The number of anilines is 2. The van der Waals surface area contributed by atoms with Crippen molar-refractivity contribution in [2.45, 2.75) is 12.2 Å². The number of halogens is 1. The van der Waals surface area contributed by atoms with Crippen LogP contribution in [0.15, 0.2) is 36.8 Å². The van der Waals surface area contributed by atoms with Gasteiger partial charge >= 0.3 is 0 Å². The minimum Gasteiger partial charge on any atom is -0.371 e. The highest BCUT2D eigenvalue weighted by atomic mass is 19.1. The van der Waals surface area contributed by atoms with Crippen LogP contribution in [0.2, 0.25) is 0 Å². The number of rotatable bonds is 4. The molecule has 2 unspecified atom stereocenters. The van der Waals surface area contributed by atoms with E-state index in [9.17, 15) is 4.39 Å². The molecule has 148 valence electrons. The number of hydrogen-bond donors (Lipinski definition) is 2. The van der Waals surface area contributed by atoms with Gasteiger partial charge in [0.25, 0.3) is 0 Å². The number of hydrogen-bond acceptors (Lipinski definition) is 8. The Balaban J connectivity index is 1.56. The van der Waals surface area contributed by atoms with E-state index in [1.807, 2.05) is 36.3 Å². The molecule has 2 atom stereocenters. The summed E-state index contributed by atoms with van der Waals surface area (Å²) >= 11 is 0. The van der Waals surface area contributed by atoms with Crippen LogP contribution < -0.4 is 10.6 Å². The molecule has 29 heavy (non-hydrogen) atoms. The van der Waals surface area contributed by atoms with Gasteiger partial charge in [-0.25, -0.2) is 18.9 Å². The second-order valence-corrected chi connectivity index (χ2v) is 7.14. The van der Waals surface area contributed by atoms with Crippen molar-refractivity contribution in [3.05, 3.63) is 36.8 Å². The molecule has 5 rings (SSSR count). The van der Waals surface area contributed by atoms with Crippen LogP contribution in [0.4, 0.5) is 16.2 Å². The first-order chi connectivity index (χ1) is 14.1. The first kappa shape index (κ1) is 17.7. The van der Waals surface area contributed by atoms with Crippen molar-refractivity contribution < 1.29 is 4.39 Å². The number of pyridine rings is 1. The number of likely N-dealkylation sites (N-methyl/N-ethyl adjacent to an activating group) is 1. The zero-order valence-electron chi connectivity index (χ0n) is 16.0. The van der Waals surface area contributed by atoms with Crippen LogP contribution in [0.5, 0.6) is 0 Å². The summed E-state index contributed by atoms with van der Waals surface area (Å²) in [4.78, 5) is 19.7. The summed E-state index contributed by atoms with van der Waals surface area (Å²) in [5.41, 5.74) is 3.72. The van der Waals surface area contributed by atoms with Gasteiger partial charge < -0.3 is 15.5 Å². The third-order valence-corrected chi connectivity index (χ3v) is 5.10. The predicted octanol–water partition coefficient (Wildman–Crippen LogP) is 1.84. The van der Waals surface area contributed by atoms with E-state index in [0.717, 1.165) is 22.3 Å². The fraction of sp³-hybridized carbons (Fsp3) is 0.316. The third-order valence-electron chi connectivity index (χ3n) is 5.10. The van der Waals surface area contributed by atoms with E-state index in [1.54, 1.807) is 24.0 Å². The predicted molar refractivity (Wildman–Crippen MR) is 109 cm³/mol. The second kappa shape index (κ2) is 6.89. The number of likely N-dealkylation sites (tertiary alicyclic amines) is 1. The first-order valence-electron chi connectivity index (χ1n) is 9.37. The van der Waals surface area contributed by atoms with Gasteiger partial charge in [-0.3, -0.25) is 4.98 Å². The zero-order chi connectivity index (χ0) is 20.0. The molecule has 1 aliphatic heterocycles. The minimum absolute atomic E-state index is 0.335. The Morgan fingerprint density at radius 1 is 1.10 bits per heavy atom. The van der Waals surface area contributed by atoms with Crippen molar-refractivity contribution in [2.24, 2.45) is 0 Å². The highest BCUT2D eigenvalue weighted by molar-refractivity contribution is 5.89. The molecule has 10 heteroatoms. The maximum atomic E-state index is 14.2. The highest BCUT2D eigenvalue weighted by Crippen LogP contribution is 2.30. The van der Waals surface area contributed by atoms with E-state index in [0.29, 0.717) is 30.5 Å². The van der Waals surface area contributed by atoms with Gasteiger partial charge in [0.1, 0.15) is 17.2 Å². The van der Waals surface area contributed by atoms with Gasteiger partial charge in [-0.15, -0.1) is 5.10 Å². The van der Waals surface area contributed by atoms with E-state index in [1.165, 1.54) is 0 Å². The average Bonchev–Trinajstić information content (AvgIpc) is 3.29. The fourth-order valence-electron chi connectivity index (χ4n) is 3.72. The number of fused-ring (bicyclic) bond motifs is 2. The second-order valence-electron chi connectivity index (χ2n) is 7.14. The lowest BCUT2D eigenvalue weighted by Gasteiger charge is -2.15. The quantitative estimate of drug-likeness (QED) is 0.542. The van der Waals surface area contributed by atoms with Crippen molar-refractivity contribution in [2.75, 3.05) is 37.8 Å². The Kier molecular flexibility index (Phi) is 4.20. The maximum absolute atomic E-state index is 14.2. The van der Waals surface area contributed by atoms with Crippen LogP contribution in [0, 0.1) is 0 Å². The Bertz CT molecular complexity index is 1190. The Morgan fingerprint density at radius 2 is 1.97 bits per heavy atom. The summed E-state index contributed by atoms with van der Waals surface area (Å²) in [6.07, 6.45) is 4.15. The van der Waals surface area contributed by atoms with Gasteiger partial charge in [0.2, 0.25) is 5.95 Å². The van der Waals surface area contributed by atoms with Crippen LogP contribution in [-0.4, -0.2) is 73.8 Å². The van der Waals surface area contributed by atoms with E-state index < -0.39 is 6.17 Å². The summed E-state index contributed by atoms with van der Waals surface area (Å²) in [7, 11) is 3.69. The number of nitrogens with one attached hydrogen (secondary N) is 2. The molecule has 0 amide bonds. The summed E-state index contributed by atoms with van der Waals surface area (Å²) < 4.78 is 15.9. The smallest absolute Gasteiger partial charge is 0.243 e. The number of alkyl halides is 1. The molecule has 0 spiro atoms. The molecule has 4 aromatic heterocycles. The molecule has 0 aromatic carbocycles. The number of aromatic nitrogens is 6. The van der Waals surface area contributed by atoms with Gasteiger partial charge in [-0.1, -0.05) is 0 Å². The molecule has 0 aliphatic carbocycles. The van der Waals surface area contributed by atoms with Crippen molar-refractivity contribution in [1.29, 1.82) is 0 Å². The summed E-state index contributed by atoms with van der Waals surface area (Å²) in [6.45, 7) is 1.01. The molecule has 9 nitrogen and oxygen atoms in total. The monoisotopic (exact) mass is 393 g/mol. The maximum Gasteiger partial charge on any atom is 0.243 e. The number of nitrogens with zero attached hydrogens (tertiary/aromatic N) is 7. The molecule has 1 aliphatic rings. The fourth-order valence-corrected chi connectivity index (χ4v) is 3.72. The molecule has 0 bridgehead atoms. The van der Waals surface area contributed by atoms with Crippen LogP contribution in [0.3, 0.4) is 0 Å². The van der Waals surface area contributed by atoms with Crippen molar-refractivity contribution in [1.82, 2.24) is 34.4 Å². The minimum atomic E-state index is -0.958. The lowest BCUT2D eigenvalue weighted by atomic mass is 10.2. The average molecular weight is 393 g/mol. The van der Waals surface area contributed by atoms with Crippen LogP contribution in [0.1, 0.15) is 0 Å². The molecule has 2 N–H and O–H groups in total. The molecule has 5 heterocycles. The SMILES string of the molecule is CNc1nc(NC2CN(C)CC2F)nn2ccc(-c3ccc4nccnc4n3)c12. The van der Waals surface area contributed by atoms with Crippen molar-refractivity contribution in [3.63, 3.8) is 0 Å². The van der Waals surface area contributed by atoms with E-state index in [-0.39, 0.29) is 6.04 Å². The summed E-state index contributed by atoms with van der Waals surface area (Å²) in [6, 6.07) is 5.39.